The molecule has 0 spiro atoms. The van der Waals surface area contributed by atoms with Crippen molar-refractivity contribution >= 4 is 20.1 Å². The molecule has 4 nitrogen and oxygen atoms in total. The van der Waals surface area contributed by atoms with Crippen LogP contribution in [0.3, 0.4) is 0 Å². The number of carbonyl (C=O) groups is 2. The first kappa shape index (κ1) is 27.8. The van der Waals surface area contributed by atoms with E-state index in [1.807, 2.05) is 6.08 Å². The summed E-state index contributed by atoms with van der Waals surface area (Å²) in [6, 6.07) is 0. The number of carbonyl (C=O) groups excluding carboxylic acids is 1. The van der Waals surface area contributed by atoms with Gasteiger partial charge >= 0.3 is 5.97 Å². The van der Waals surface area contributed by atoms with Gasteiger partial charge < -0.3 is 9.53 Å². The molecule has 2 atom stereocenters. The van der Waals surface area contributed by atoms with Crippen LogP contribution >= 0.6 is 0 Å². The van der Waals surface area contributed by atoms with E-state index in [1.54, 1.807) is 0 Å². The summed E-state index contributed by atoms with van der Waals surface area (Å²) in [6.45, 7) is 14.0. The maximum absolute atomic E-state index is 12.6. The van der Waals surface area contributed by atoms with E-state index >= 15 is 0 Å². The summed E-state index contributed by atoms with van der Waals surface area (Å²) >= 11 is 0. The molecule has 0 aromatic rings. The largest absolute Gasteiger partial charge is 0.481 e. The summed E-state index contributed by atoms with van der Waals surface area (Å²) in [4.78, 5) is 23.2. The number of carboxylic acids is 1. The summed E-state index contributed by atoms with van der Waals surface area (Å²) < 4.78 is 7.15. The summed E-state index contributed by atoms with van der Waals surface area (Å²) in [6.07, 6.45) is 15.9. The van der Waals surface area contributed by atoms with Crippen molar-refractivity contribution < 1.29 is 19.1 Å². The van der Waals surface area contributed by atoms with Crippen LogP contribution in [0.4, 0.5) is 0 Å². The third-order valence-electron chi connectivity index (χ3n) is 8.19. The third-order valence-corrected chi connectivity index (χ3v) is 12.8. The molecule has 2 aliphatic rings. The van der Waals surface area contributed by atoms with E-state index in [0.717, 1.165) is 25.7 Å². The number of hydrogen-bond acceptors (Lipinski definition) is 3. The number of ketones is 1. The second-order valence-corrected chi connectivity index (χ2v) is 16.5. The fourth-order valence-corrected chi connectivity index (χ4v) is 6.83. The molecule has 5 heteroatoms. The molecule has 2 aliphatic carbocycles. The fraction of sp³-hybridized carbons (Fsp3) is 0.750. The van der Waals surface area contributed by atoms with Crippen molar-refractivity contribution in [3.63, 3.8) is 0 Å². The van der Waals surface area contributed by atoms with Crippen LogP contribution in [0.15, 0.2) is 29.5 Å². The lowest BCUT2D eigenvalue weighted by atomic mass is 9.75. The summed E-state index contributed by atoms with van der Waals surface area (Å²) in [5.74, 6) is 0.0514. The lowest BCUT2D eigenvalue weighted by molar-refractivity contribution is -0.136. The molecule has 1 fully saturated rings. The molecule has 186 valence electrons. The molecular weight excluding hydrogens is 428 g/mol. The Hall–Kier alpha value is -1.42. The SMILES string of the molecule is CC(CCC1=CCC(=O)[C@@H]1CCC=C=CCC(=O)O)(O[Si](C)(C)C(C)(C)C)C1CCCCC1. The van der Waals surface area contributed by atoms with Crippen molar-refractivity contribution in [2.24, 2.45) is 11.8 Å². The Morgan fingerprint density at radius 1 is 1.18 bits per heavy atom. The van der Waals surface area contributed by atoms with Crippen LogP contribution in [0, 0.1) is 11.8 Å². The van der Waals surface area contributed by atoms with Crippen molar-refractivity contribution in [1.82, 2.24) is 0 Å². The van der Waals surface area contributed by atoms with Crippen molar-refractivity contribution in [3.8, 4) is 0 Å². The minimum Gasteiger partial charge on any atom is -0.481 e. The van der Waals surface area contributed by atoms with E-state index < -0.39 is 14.3 Å². The number of hydrogen-bond donors (Lipinski definition) is 1. The predicted molar refractivity (Wildman–Crippen MR) is 138 cm³/mol. The maximum atomic E-state index is 12.6. The summed E-state index contributed by atoms with van der Waals surface area (Å²) in [5, 5.41) is 8.88. The number of allylic oxidation sites excluding steroid dienone is 2. The first-order valence-electron chi connectivity index (χ1n) is 12.9. The van der Waals surface area contributed by atoms with Gasteiger partial charge in [-0.05, 0) is 81.7 Å². The lowest BCUT2D eigenvalue weighted by Gasteiger charge is -2.49. The highest BCUT2D eigenvalue weighted by Gasteiger charge is 2.46. The first-order valence-corrected chi connectivity index (χ1v) is 15.8. The van der Waals surface area contributed by atoms with E-state index in [4.69, 9.17) is 9.53 Å². The molecule has 0 aromatic heterocycles. The normalized spacial score (nSPS) is 21.8. The first-order chi connectivity index (χ1) is 15.4. The Labute approximate surface area is 202 Å². The summed E-state index contributed by atoms with van der Waals surface area (Å²) in [7, 11) is -1.92. The molecule has 0 amide bonds. The highest BCUT2D eigenvalue weighted by atomic mass is 28.4. The van der Waals surface area contributed by atoms with Crippen LogP contribution < -0.4 is 0 Å². The van der Waals surface area contributed by atoms with Gasteiger partial charge in [-0.25, -0.2) is 0 Å². The molecule has 0 aliphatic heterocycles. The van der Waals surface area contributed by atoms with Crippen molar-refractivity contribution in [3.05, 3.63) is 29.5 Å². The van der Waals surface area contributed by atoms with E-state index in [2.05, 4.69) is 52.6 Å². The van der Waals surface area contributed by atoms with Crippen LogP contribution in [0.25, 0.3) is 0 Å². The molecule has 0 bridgehead atoms. The zero-order chi connectivity index (χ0) is 24.7. The van der Waals surface area contributed by atoms with Crippen molar-refractivity contribution in [2.75, 3.05) is 0 Å². The Morgan fingerprint density at radius 3 is 2.45 bits per heavy atom. The van der Waals surface area contributed by atoms with Gasteiger partial charge in [0.05, 0.1) is 12.0 Å². The van der Waals surface area contributed by atoms with Gasteiger partial charge in [0.1, 0.15) is 5.78 Å². The van der Waals surface area contributed by atoms with Crippen molar-refractivity contribution in [2.45, 2.75) is 122 Å². The average molecular weight is 475 g/mol. The van der Waals surface area contributed by atoms with Crippen LogP contribution in [0.1, 0.15) is 98.3 Å². The minimum absolute atomic E-state index is 0.00833. The number of aliphatic carboxylic acids is 1. The Bertz CT molecular complexity index is 776. The molecule has 33 heavy (non-hydrogen) atoms. The van der Waals surface area contributed by atoms with Gasteiger partial charge in [0.25, 0.3) is 0 Å². The molecular formula is C28H46O4Si. The Morgan fingerprint density at radius 2 is 1.85 bits per heavy atom. The zero-order valence-corrected chi connectivity index (χ0v) is 22.8. The average Bonchev–Trinajstić information content (AvgIpc) is 3.08. The molecule has 1 saturated carbocycles. The third kappa shape index (κ3) is 8.08. The van der Waals surface area contributed by atoms with Gasteiger partial charge in [0.2, 0.25) is 0 Å². The van der Waals surface area contributed by atoms with Crippen LogP contribution in [-0.4, -0.2) is 30.8 Å². The number of Topliss-reactive ketones (excluding diaryl/α,β-unsaturated/α-hetero) is 1. The van der Waals surface area contributed by atoms with Gasteiger partial charge in [-0.3, -0.25) is 9.59 Å². The highest BCUT2D eigenvalue weighted by molar-refractivity contribution is 6.74. The smallest absolute Gasteiger partial charge is 0.307 e. The van der Waals surface area contributed by atoms with Gasteiger partial charge in [-0.15, -0.1) is 5.73 Å². The minimum atomic E-state index is -1.92. The number of rotatable bonds is 11. The van der Waals surface area contributed by atoms with Crippen LogP contribution in [0.2, 0.25) is 18.1 Å². The predicted octanol–water partition coefficient (Wildman–Crippen LogP) is 7.61. The van der Waals surface area contributed by atoms with E-state index in [9.17, 15) is 9.59 Å². The van der Waals surface area contributed by atoms with Gasteiger partial charge in [0, 0.05) is 12.3 Å². The molecule has 1 unspecified atom stereocenters. The highest BCUT2D eigenvalue weighted by Crippen LogP contribution is 2.46. The second-order valence-electron chi connectivity index (χ2n) is 11.8. The van der Waals surface area contributed by atoms with Crippen LogP contribution in [-0.2, 0) is 14.0 Å². The van der Waals surface area contributed by atoms with Gasteiger partial charge in [-0.1, -0.05) is 51.7 Å². The molecule has 0 heterocycles. The quantitative estimate of drug-likeness (QED) is 0.190. The van der Waals surface area contributed by atoms with Crippen LogP contribution in [0.5, 0.6) is 0 Å². The monoisotopic (exact) mass is 474 g/mol. The number of carboxylic acid groups (broad SMARTS) is 1. The second kappa shape index (κ2) is 11.8. The van der Waals surface area contributed by atoms with E-state index in [1.165, 1.54) is 43.8 Å². The standard InChI is InChI=1S/C28H46O4Si/c1-27(2,3)33(5,6)32-28(4,23-14-10-9-11-15-23)21-20-22-18-19-25(29)24(22)16-12-7-8-13-17-26(30)31/h7,13,18,23-24H,9-12,14-17,19-21H2,1-6H3,(H,30,31)/t8?,24-,28?/m1/s1. The molecule has 2 rings (SSSR count). The van der Waals surface area contributed by atoms with Crippen molar-refractivity contribution in [1.29, 1.82) is 0 Å². The Balaban J connectivity index is 2.07. The molecule has 1 N–H and O–H groups in total. The summed E-state index contributed by atoms with van der Waals surface area (Å²) in [5.41, 5.74) is 4.07. The lowest BCUT2D eigenvalue weighted by Crippen LogP contribution is -2.52. The van der Waals surface area contributed by atoms with E-state index in [0.29, 0.717) is 18.1 Å². The topological polar surface area (TPSA) is 63.6 Å². The molecule has 0 aromatic carbocycles. The molecule has 0 saturated heterocycles. The zero-order valence-electron chi connectivity index (χ0n) is 21.8. The fourth-order valence-electron chi connectivity index (χ4n) is 5.09. The molecule has 0 radical (unpaired) electrons. The maximum Gasteiger partial charge on any atom is 0.307 e. The Kier molecular flexibility index (Phi) is 9.96. The van der Waals surface area contributed by atoms with Gasteiger partial charge in [-0.2, -0.15) is 0 Å². The van der Waals surface area contributed by atoms with Gasteiger partial charge in [0.15, 0.2) is 8.32 Å². The van der Waals surface area contributed by atoms with E-state index in [-0.39, 0.29) is 23.0 Å².